The van der Waals surface area contributed by atoms with Gasteiger partial charge < -0.3 is 10.6 Å². The first-order valence-electron chi connectivity index (χ1n) is 7.09. The third-order valence-corrected chi connectivity index (χ3v) is 3.54. The molecule has 0 unspecified atom stereocenters. The first-order chi connectivity index (χ1) is 10.3. The molecule has 3 aromatic rings. The topological polar surface area (TPSA) is 55.0 Å². The molecule has 4 nitrogen and oxygen atoms in total. The molecule has 0 saturated carbocycles. The minimum atomic E-state index is 0.459. The number of nitrogens with two attached hydrogens (primary N) is 1. The van der Waals surface area contributed by atoms with Gasteiger partial charge >= 0.3 is 0 Å². The van der Waals surface area contributed by atoms with Crippen molar-refractivity contribution in [3.63, 3.8) is 0 Å². The Morgan fingerprint density at radius 3 is 2.43 bits per heavy atom. The highest BCUT2D eigenvalue weighted by atomic mass is 15.2. The van der Waals surface area contributed by atoms with Crippen LogP contribution in [-0.4, -0.2) is 16.5 Å². The maximum absolute atomic E-state index is 5.60. The van der Waals surface area contributed by atoms with Gasteiger partial charge in [-0.15, -0.1) is 0 Å². The molecule has 0 radical (unpaired) electrons. The fourth-order valence-electron chi connectivity index (χ4n) is 2.46. The number of hydrogen-bond acceptors (Lipinski definition) is 4. The fraction of sp³-hybridized carbons (Fsp3) is 0.176. The quantitative estimate of drug-likeness (QED) is 0.796. The summed E-state index contributed by atoms with van der Waals surface area (Å²) in [6.07, 6.45) is 3.58. The molecule has 0 aliphatic heterocycles. The smallest absolute Gasteiger partial charge is 0.229 e. The summed E-state index contributed by atoms with van der Waals surface area (Å²) in [5.41, 5.74) is 7.66. The van der Waals surface area contributed by atoms with Gasteiger partial charge in [-0.2, -0.15) is 0 Å². The average molecular weight is 278 g/mol. The highest BCUT2D eigenvalue weighted by molar-refractivity contribution is 5.95. The second kappa shape index (κ2) is 5.89. The van der Waals surface area contributed by atoms with Crippen LogP contribution in [0.15, 0.2) is 54.9 Å². The maximum atomic E-state index is 5.60. The SMILES string of the molecule is CCN(c1ncc(CN)cn1)c1cccc2ccccc12. The zero-order valence-corrected chi connectivity index (χ0v) is 12.0. The van der Waals surface area contributed by atoms with E-state index < -0.39 is 0 Å². The summed E-state index contributed by atoms with van der Waals surface area (Å²) in [4.78, 5) is 11.0. The minimum Gasteiger partial charge on any atom is -0.326 e. The fourth-order valence-corrected chi connectivity index (χ4v) is 2.46. The number of benzene rings is 2. The molecule has 0 spiro atoms. The van der Waals surface area contributed by atoms with E-state index in [9.17, 15) is 0 Å². The standard InChI is InChI=1S/C17H18N4/c1-2-21(17-19-11-13(10-18)12-20-17)16-9-5-7-14-6-3-4-8-15(14)16/h3-9,11-12H,2,10,18H2,1H3. The molecule has 0 amide bonds. The van der Waals surface area contributed by atoms with E-state index in [1.54, 1.807) is 12.4 Å². The van der Waals surface area contributed by atoms with Gasteiger partial charge in [0.2, 0.25) is 5.95 Å². The summed E-state index contributed by atoms with van der Waals surface area (Å²) in [6.45, 7) is 3.36. The molecule has 0 aliphatic carbocycles. The molecular formula is C17H18N4. The van der Waals surface area contributed by atoms with E-state index in [2.05, 4.69) is 64.3 Å². The van der Waals surface area contributed by atoms with Gasteiger partial charge in [0.05, 0.1) is 5.69 Å². The van der Waals surface area contributed by atoms with Gasteiger partial charge in [-0.1, -0.05) is 36.4 Å². The van der Waals surface area contributed by atoms with Crippen LogP contribution in [0.5, 0.6) is 0 Å². The molecule has 3 rings (SSSR count). The summed E-state index contributed by atoms with van der Waals surface area (Å²) >= 11 is 0. The van der Waals surface area contributed by atoms with Crippen molar-refractivity contribution < 1.29 is 0 Å². The van der Waals surface area contributed by atoms with Crippen molar-refractivity contribution in [2.24, 2.45) is 5.73 Å². The second-order valence-electron chi connectivity index (χ2n) is 4.84. The van der Waals surface area contributed by atoms with Crippen molar-refractivity contribution in [1.82, 2.24) is 9.97 Å². The predicted molar refractivity (Wildman–Crippen MR) is 86.6 cm³/mol. The number of fused-ring (bicyclic) bond motifs is 1. The lowest BCUT2D eigenvalue weighted by molar-refractivity contribution is 0.927. The van der Waals surface area contributed by atoms with Crippen molar-refractivity contribution in [2.75, 3.05) is 11.4 Å². The Morgan fingerprint density at radius 1 is 1.00 bits per heavy atom. The van der Waals surface area contributed by atoms with Crippen LogP contribution in [0.1, 0.15) is 12.5 Å². The average Bonchev–Trinajstić information content (AvgIpc) is 2.56. The Balaban J connectivity index is 2.09. The largest absolute Gasteiger partial charge is 0.326 e. The first-order valence-corrected chi connectivity index (χ1v) is 7.09. The zero-order chi connectivity index (χ0) is 14.7. The Bertz CT molecular complexity index is 732. The van der Waals surface area contributed by atoms with Crippen LogP contribution >= 0.6 is 0 Å². The van der Waals surface area contributed by atoms with E-state index in [0.29, 0.717) is 12.5 Å². The molecule has 1 aromatic heterocycles. The summed E-state index contributed by atoms with van der Waals surface area (Å²) in [6, 6.07) is 14.6. The van der Waals surface area contributed by atoms with Crippen molar-refractivity contribution in [3.8, 4) is 0 Å². The molecule has 0 aliphatic rings. The first kappa shape index (κ1) is 13.5. The number of anilines is 2. The van der Waals surface area contributed by atoms with E-state index in [-0.39, 0.29) is 0 Å². The van der Waals surface area contributed by atoms with Gasteiger partial charge in [0, 0.05) is 36.4 Å². The predicted octanol–water partition coefficient (Wildman–Crippen LogP) is 3.25. The molecule has 2 N–H and O–H groups in total. The van der Waals surface area contributed by atoms with Crippen LogP contribution in [0, 0.1) is 0 Å². The number of aromatic nitrogens is 2. The number of nitrogens with zero attached hydrogens (tertiary/aromatic N) is 3. The van der Waals surface area contributed by atoms with E-state index in [0.717, 1.165) is 17.8 Å². The summed E-state index contributed by atoms with van der Waals surface area (Å²) in [5.74, 6) is 0.700. The normalized spacial score (nSPS) is 10.8. The van der Waals surface area contributed by atoms with E-state index >= 15 is 0 Å². The molecule has 0 atom stereocenters. The monoisotopic (exact) mass is 278 g/mol. The van der Waals surface area contributed by atoms with Gasteiger partial charge in [0.25, 0.3) is 0 Å². The number of rotatable bonds is 4. The van der Waals surface area contributed by atoms with E-state index in [1.165, 1.54) is 10.8 Å². The van der Waals surface area contributed by atoms with Crippen LogP contribution in [0.4, 0.5) is 11.6 Å². The molecule has 0 fully saturated rings. The lowest BCUT2D eigenvalue weighted by atomic mass is 10.1. The molecule has 0 bridgehead atoms. The minimum absolute atomic E-state index is 0.459. The molecule has 0 saturated heterocycles. The lowest BCUT2D eigenvalue weighted by Gasteiger charge is -2.22. The Morgan fingerprint density at radius 2 is 1.71 bits per heavy atom. The van der Waals surface area contributed by atoms with E-state index in [1.807, 2.05) is 0 Å². The highest BCUT2D eigenvalue weighted by Gasteiger charge is 2.12. The van der Waals surface area contributed by atoms with Crippen LogP contribution in [-0.2, 0) is 6.54 Å². The zero-order valence-electron chi connectivity index (χ0n) is 12.0. The third kappa shape index (κ3) is 2.58. The molecule has 1 heterocycles. The van der Waals surface area contributed by atoms with Crippen molar-refractivity contribution >= 4 is 22.4 Å². The summed E-state index contributed by atoms with van der Waals surface area (Å²) < 4.78 is 0. The van der Waals surface area contributed by atoms with Crippen LogP contribution in [0.25, 0.3) is 10.8 Å². The summed E-state index contributed by atoms with van der Waals surface area (Å²) in [5, 5.41) is 2.42. The van der Waals surface area contributed by atoms with Crippen molar-refractivity contribution in [1.29, 1.82) is 0 Å². The lowest BCUT2D eigenvalue weighted by Crippen LogP contribution is -2.19. The number of hydrogen-bond donors (Lipinski definition) is 1. The van der Waals surface area contributed by atoms with Crippen LogP contribution < -0.4 is 10.6 Å². The van der Waals surface area contributed by atoms with Gasteiger partial charge in [-0.3, -0.25) is 0 Å². The molecule has 2 aromatic carbocycles. The summed E-state index contributed by atoms with van der Waals surface area (Å²) in [7, 11) is 0. The van der Waals surface area contributed by atoms with Gasteiger partial charge in [-0.05, 0) is 18.4 Å². The third-order valence-electron chi connectivity index (χ3n) is 3.54. The molecule has 106 valence electrons. The van der Waals surface area contributed by atoms with Gasteiger partial charge in [-0.25, -0.2) is 9.97 Å². The Kier molecular flexibility index (Phi) is 3.79. The highest BCUT2D eigenvalue weighted by Crippen LogP contribution is 2.30. The van der Waals surface area contributed by atoms with E-state index in [4.69, 9.17) is 5.73 Å². The van der Waals surface area contributed by atoms with Crippen LogP contribution in [0.2, 0.25) is 0 Å². The molecule has 4 heteroatoms. The van der Waals surface area contributed by atoms with Gasteiger partial charge in [0.1, 0.15) is 0 Å². The Labute approximate surface area is 124 Å². The molecule has 21 heavy (non-hydrogen) atoms. The maximum Gasteiger partial charge on any atom is 0.229 e. The molecular weight excluding hydrogens is 260 g/mol. The van der Waals surface area contributed by atoms with Crippen LogP contribution in [0.3, 0.4) is 0 Å². The van der Waals surface area contributed by atoms with Crippen molar-refractivity contribution in [2.45, 2.75) is 13.5 Å². The van der Waals surface area contributed by atoms with Gasteiger partial charge in [0.15, 0.2) is 0 Å². The Hall–Kier alpha value is -2.46. The van der Waals surface area contributed by atoms with Crippen molar-refractivity contribution in [3.05, 3.63) is 60.4 Å². The second-order valence-corrected chi connectivity index (χ2v) is 4.84.